The van der Waals surface area contributed by atoms with E-state index in [1.807, 2.05) is 11.8 Å². The maximum Gasteiger partial charge on any atom is 0.317 e. The molecule has 0 spiro atoms. The summed E-state index contributed by atoms with van der Waals surface area (Å²) in [7, 11) is 0. The summed E-state index contributed by atoms with van der Waals surface area (Å²) in [6, 6.07) is 0.377. The van der Waals surface area contributed by atoms with Crippen LogP contribution in [0.4, 0.5) is 0 Å². The Labute approximate surface area is 100 Å². The highest BCUT2D eigenvalue weighted by atomic mass is 16.4. The van der Waals surface area contributed by atoms with Crippen LogP contribution in [0.15, 0.2) is 10.8 Å². The number of carboxylic acids is 1. The lowest BCUT2D eigenvalue weighted by Gasteiger charge is -2.26. The Kier molecular flexibility index (Phi) is 3.78. The first-order valence-corrected chi connectivity index (χ1v) is 6.01. The minimum absolute atomic E-state index is 0.0803. The van der Waals surface area contributed by atoms with Crippen LogP contribution in [-0.2, 0) is 11.3 Å². The zero-order valence-electron chi connectivity index (χ0n) is 10.1. The van der Waals surface area contributed by atoms with E-state index in [0.29, 0.717) is 12.6 Å². The maximum atomic E-state index is 10.9. The van der Waals surface area contributed by atoms with Crippen LogP contribution in [-0.4, -0.2) is 33.5 Å². The summed E-state index contributed by atoms with van der Waals surface area (Å²) < 4.78 is 5.15. The lowest BCUT2D eigenvalue weighted by molar-refractivity contribution is -0.139. The molecule has 1 N–H and O–H groups in total. The van der Waals surface area contributed by atoms with Gasteiger partial charge in [-0.1, -0.05) is 12.8 Å². The Morgan fingerprint density at radius 3 is 2.82 bits per heavy atom. The molecular formula is C12H18N2O3. The fraction of sp³-hybridized carbons (Fsp3) is 0.667. The second-order valence-electron chi connectivity index (χ2n) is 4.59. The number of aryl methyl sites for hydroxylation is 1. The molecule has 1 heterocycles. The molecular weight excluding hydrogens is 220 g/mol. The standard InChI is InChI=1S/C12H18N2O3/c1-9-11(13-8-17-9)6-14(7-12(15)16)10-4-2-3-5-10/h8,10H,2-7H2,1H3,(H,15,16). The number of hydrogen-bond acceptors (Lipinski definition) is 4. The Morgan fingerprint density at radius 1 is 1.59 bits per heavy atom. The molecule has 0 bridgehead atoms. The average Bonchev–Trinajstić information content (AvgIpc) is 2.89. The Morgan fingerprint density at radius 2 is 2.29 bits per heavy atom. The van der Waals surface area contributed by atoms with Crippen molar-refractivity contribution in [2.45, 2.75) is 45.2 Å². The molecule has 0 aliphatic heterocycles. The highest BCUT2D eigenvalue weighted by Crippen LogP contribution is 2.25. The van der Waals surface area contributed by atoms with E-state index in [0.717, 1.165) is 24.3 Å². The average molecular weight is 238 g/mol. The molecule has 5 nitrogen and oxygen atoms in total. The molecule has 94 valence electrons. The predicted octanol–water partition coefficient (Wildman–Crippen LogP) is 1.81. The van der Waals surface area contributed by atoms with Gasteiger partial charge >= 0.3 is 5.97 Å². The van der Waals surface area contributed by atoms with Crippen LogP contribution in [0.1, 0.15) is 37.1 Å². The van der Waals surface area contributed by atoms with Crippen molar-refractivity contribution in [1.29, 1.82) is 0 Å². The summed E-state index contributed by atoms with van der Waals surface area (Å²) in [5.74, 6) is -0.00330. The number of carbonyl (C=O) groups is 1. The van der Waals surface area contributed by atoms with Crippen LogP contribution in [0.5, 0.6) is 0 Å². The number of hydrogen-bond donors (Lipinski definition) is 1. The zero-order chi connectivity index (χ0) is 12.3. The highest BCUT2D eigenvalue weighted by Gasteiger charge is 2.25. The van der Waals surface area contributed by atoms with Gasteiger partial charge in [0.05, 0.1) is 12.2 Å². The van der Waals surface area contributed by atoms with E-state index in [9.17, 15) is 4.79 Å². The zero-order valence-corrected chi connectivity index (χ0v) is 10.1. The van der Waals surface area contributed by atoms with Crippen LogP contribution in [0, 0.1) is 6.92 Å². The minimum atomic E-state index is -0.780. The van der Waals surface area contributed by atoms with Crippen molar-refractivity contribution in [2.75, 3.05) is 6.54 Å². The summed E-state index contributed by atoms with van der Waals surface area (Å²) in [6.45, 7) is 2.51. The summed E-state index contributed by atoms with van der Waals surface area (Å²) in [5, 5.41) is 8.96. The molecule has 17 heavy (non-hydrogen) atoms. The number of rotatable bonds is 5. The van der Waals surface area contributed by atoms with Gasteiger partial charge in [-0.15, -0.1) is 0 Å². The predicted molar refractivity (Wildman–Crippen MR) is 61.5 cm³/mol. The van der Waals surface area contributed by atoms with E-state index in [1.54, 1.807) is 0 Å². The molecule has 2 rings (SSSR count). The fourth-order valence-electron chi connectivity index (χ4n) is 2.43. The maximum absolute atomic E-state index is 10.9. The molecule has 0 atom stereocenters. The van der Waals surface area contributed by atoms with Crippen molar-refractivity contribution in [3.05, 3.63) is 17.8 Å². The second-order valence-corrected chi connectivity index (χ2v) is 4.59. The normalized spacial score (nSPS) is 16.8. The van der Waals surface area contributed by atoms with Crippen LogP contribution in [0.25, 0.3) is 0 Å². The van der Waals surface area contributed by atoms with Gasteiger partial charge < -0.3 is 9.52 Å². The van der Waals surface area contributed by atoms with Crippen molar-refractivity contribution >= 4 is 5.97 Å². The first kappa shape index (κ1) is 12.1. The molecule has 1 aromatic heterocycles. The molecule has 0 saturated heterocycles. The second kappa shape index (κ2) is 5.31. The van der Waals surface area contributed by atoms with Gasteiger partial charge in [0.25, 0.3) is 0 Å². The topological polar surface area (TPSA) is 66.6 Å². The minimum Gasteiger partial charge on any atom is -0.480 e. The Balaban J connectivity index is 2.04. The van der Waals surface area contributed by atoms with E-state index in [2.05, 4.69) is 4.98 Å². The van der Waals surface area contributed by atoms with Crippen LogP contribution < -0.4 is 0 Å². The van der Waals surface area contributed by atoms with Gasteiger partial charge in [-0.3, -0.25) is 9.69 Å². The van der Waals surface area contributed by atoms with Crippen LogP contribution in [0.3, 0.4) is 0 Å². The van der Waals surface area contributed by atoms with Crippen molar-refractivity contribution < 1.29 is 14.3 Å². The molecule has 1 saturated carbocycles. The Bertz CT molecular complexity index is 383. The van der Waals surface area contributed by atoms with Crippen molar-refractivity contribution in [2.24, 2.45) is 0 Å². The third kappa shape index (κ3) is 3.06. The van der Waals surface area contributed by atoms with Crippen molar-refractivity contribution in [3.63, 3.8) is 0 Å². The van der Waals surface area contributed by atoms with E-state index in [1.165, 1.54) is 19.2 Å². The van der Waals surface area contributed by atoms with E-state index >= 15 is 0 Å². The van der Waals surface area contributed by atoms with Gasteiger partial charge in [-0.05, 0) is 19.8 Å². The third-order valence-corrected chi connectivity index (χ3v) is 3.38. The summed E-state index contributed by atoms with van der Waals surface area (Å²) >= 11 is 0. The first-order chi connectivity index (χ1) is 8.16. The lowest BCUT2D eigenvalue weighted by atomic mass is 10.2. The van der Waals surface area contributed by atoms with Gasteiger partial charge in [0.1, 0.15) is 5.76 Å². The summed E-state index contributed by atoms with van der Waals surface area (Å²) in [6.07, 6.45) is 5.98. The van der Waals surface area contributed by atoms with Gasteiger partial charge in [-0.2, -0.15) is 0 Å². The van der Waals surface area contributed by atoms with E-state index < -0.39 is 5.97 Å². The number of oxazole rings is 1. The molecule has 0 radical (unpaired) electrons. The molecule has 1 aliphatic rings. The van der Waals surface area contributed by atoms with Gasteiger partial charge in [0.2, 0.25) is 0 Å². The number of nitrogens with zero attached hydrogens (tertiary/aromatic N) is 2. The number of carboxylic acid groups (broad SMARTS) is 1. The smallest absolute Gasteiger partial charge is 0.317 e. The monoisotopic (exact) mass is 238 g/mol. The SMILES string of the molecule is Cc1ocnc1CN(CC(=O)O)C1CCCC1. The number of aromatic nitrogens is 1. The van der Waals surface area contributed by atoms with Gasteiger partial charge in [-0.25, -0.2) is 4.98 Å². The molecule has 5 heteroatoms. The summed E-state index contributed by atoms with van der Waals surface area (Å²) in [4.78, 5) is 17.0. The third-order valence-electron chi connectivity index (χ3n) is 3.38. The highest BCUT2D eigenvalue weighted by molar-refractivity contribution is 5.69. The van der Waals surface area contributed by atoms with Crippen LogP contribution in [0.2, 0.25) is 0 Å². The molecule has 0 amide bonds. The lowest BCUT2D eigenvalue weighted by Crippen LogP contribution is -2.37. The van der Waals surface area contributed by atoms with Crippen LogP contribution >= 0.6 is 0 Å². The molecule has 0 aromatic carbocycles. The fourth-order valence-corrected chi connectivity index (χ4v) is 2.43. The molecule has 1 aromatic rings. The van der Waals surface area contributed by atoms with Crippen molar-refractivity contribution in [1.82, 2.24) is 9.88 Å². The summed E-state index contributed by atoms with van der Waals surface area (Å²) in [5.41, 5.74) is 0.846. The number of aliphatic carboxylic acids is 1. The van der Waals surface area contributed by atoms with E-state index in [-0.39, 0.29) is 6.54 Å². The quantitative estimate of drug-likeness (QED) is 0.847. The largest absolute Gasteiger partial charge is 0.480 e. The van der Waals surface area contributed by atoms with Gasteiger partial charge in [0, 0.05) is 12.6 Å². The molecule has 1 fully saturated rings. The van der Waals surface area contributed by atoms with Crippen molar-refractivity contribution in [3.8, 4) is 0 Å². The first-order valence-electron chi connectivity index (χ1n) is 6.01. The molecule has 0 unspecified atom stereocenters. The molecule has 1 aliphatic carbocycles. The van der Waals surface area contributed by atoms with E-state index in [4.69, 9.17) is 9.52 Å². The Hall–Kier alpha value is -1.36. The van der Waals surface area contributed by atoms with Gasteiger partial charge in [0.15, 0.2) is 6.39 Å².